The lowest BCUT2D eigenvalue weighted by Gasteiger charge is -2.31. The van der Waals surface area contributed by atoms with Crippen LogP contribution in [0.4, 0.5) is 11.6 Å². The molecule has 1 N–H and O–H groups in total. The van der Waals surface area contributed by atoms with Gasteiger partial charge in [0.1, 0.15) is 18.0 Å². The Hall–Kier alpha value is -1.89. The monoisotopic (exact) mass is 372 g/mol. The van der Waals surface area contributed by atoms with Gasteiger partial charge < -0.3 is 20.0 Å². The van der Waals surface area contributed by atoms with Crippen molar-refractivity contribution < 1.29 is 4.79 Å². The largest absolute Gasteiger partial charge is 0.356 e. The molecule has 0 radical (unpaired) electrons. The maximum Gasteiger partial charge on any atom is 0.242 e. The zero-order valence-corrected chi connectivity index (χ0v) is 16.5. The molecule has 4 rings (SSSR count). The van der Waals surface area contributed by atoms with E-state index in [1.165, 1.54) is 25.7 Å². The van der Waals surface area contributed by atoms with Gasteiger partial charge in [0.15, 0.2) is 0 Å². The highest BCUT2D eigenvalue weighted by Crippen LogP contribution is 2.32. The van der Waals surface area contributed by atoms with Gasteiger partial charge in [0.2, 0.25) is 5.91 Å². The second-order valence-electron chi connectivity index (χ2n) is 8.11. The third-order valence-electron chi connectivity index (χ3n) is 6.17. The molecular weight excluding hydrogens is 340 g/mol. The maximum absolute atomic E-state index is 13.0. The molecule has 0 aliphatic carbocycles. The molecule has 7 nitrogen and oxygen atoms in total. The number of amides is 1. The molecule has 1 aromatic heterocycles. The molecule has 2 saturated heterocycles. The van der Waals surface area contributed by atoms with Gasteiger partial charge in [-0.25, -0.2) is 9.97 Å². The van der Waals surface area contributed by atoms with E-state index in [9.17, 15) is 4.79 Å². The molecule has 1 amide bonds. The van der Waals surface area contributed by atoms with Crippen molar-refractivity contribution in [3.63, 3.8) is 0 Å². The van der Waals surface area contributed by atoms with Crippen molar-refractivity contribution in [2.75, 3.05) is 49.6 Å². The van der Waals surface area contributed by atoms with Gasteiger partial charge in [0, 0.05) is 26.2 Å². The van der Waals surface area contributed by atoms with E-state index >= 15 is 0 Å². The number of hydrogen-bond acceptors (Lipinski definition) is 6. The third kappa shape index (κ3) is 4.03. The predicted molar refractivity (Wildman–Crippen MR) is 107 cm³/mol. The molecule has 1 atom stereocenters. The first kappa shape index (κ1) is 18.5. The van der Waals surface area contributed by atoms with Crippen LogP contribution in [0, 0.1) is 0 Å². The Morgan fingerprint density at radius 2 is 1.74 bits per heavy atom. The highest BCUT2D eigenvalue weighted by molar-refractivity contribution is 5.84. The number of nitrogens with one attached hydrogen (secondary N) is 1. The van der Waals surface area contributed by atoms with Crippen LogP contribution in [0.15, 0.2) is 6.33 Å². The van der Waals surface area contributed by atoms with Gasteiger partial charge in [-0.3, -0.25) is 4.79 Å². The molecule has 4 heterocycles. The van der Waals surface area contributed by atoms with Gasteiger partial charge in [-0.15, -0.1) is 0 Å². The molecular formula is C20H32N6O. The lowest BCUT2D eigenvalue weighted by Crippen LogP contribution is -2.43. The molecule has 3 aliphatic rings. The summed E-state index contributed by atoms with van der Waals surface area (Å²) in [4.78, 5) is 28.9. The lowest BCUT2D eigenvalue weighted by atomic mass is 10.1. The van der Waals surface area contributed by atoms with E-state index in [1.807, 2.05) is 11.9 Å². The number of rotatable bonds is 2. The summed E-state index contributed by atoms with van der Waals surface area (Å²) >= 11 is 0. The Kier molecular flexibility index (Phi) is 5.76. The summed E-state index contributed by atoms with van der Waals surface area (Å²) in [5.41, 5.74) is 1.13. The zero-order valence-electron chi connectivity index (χ0n) is 16.5. The molecule has 0 bridgehead atoms. The first-order valence-corrected chi connectivity index (χ1v) is 10.5. The molecule has 0 aromatic carbocycles. The van der Waals surface area contributed by atoms with Crippen molar-refractivity contribution in [2.24, 2.45) is 0 Å². The molecule has 0 saturated carbocycles. The van der Waals surface area contributed by atoms with Gasteiger partial charge in [-0.1, -0.05) is 12.8 Å². The second-order valence-corrected chi connectivity index (χ2v) is 8.11. The second kappa shape index (κ2) is 8.42. The van der Waals surface area contributed by atoms with Gasteiger partial charge in [-0.2, -0.15) is 0 Å². The van der Waals surface area contributed by atoms with Crippen molar-refractivity contribution in [2.45, 2.75) is 57.5 Å². The minimum absolute atomic E-state index is 0.212. The SMILES string of the molecule is CN1CC(=O)N(C2CCCNCC2)Cc2c1ncnc2N1CCCCCC1. The number of fused-ring (bicyclic) bond motifs is 1. The normalized spacial score (nSPS) is 24.9. The maximum atomic E-state index is 13.0. The molecule has 1 aromatic rings. The number of aromatic nitrogens is 2. The Balaban J connectivity index is 1.67. The average Bonchev–Trinajstić information content (AvgIpc) is 3.14. The number of hydrogen-bond donors (Lipinski definition) is 1. The molecule has 148 valence electrons. The standard InChI is InChI=1S/C20H32N6O/c1-24-14-18(27)26(16-7-6-9-21-10-8-16)13-17-19(24)22-15-23-20(17)25-11-4-2-3-5-12-25/h15-16,21H,2-14H2,1H3. The van der Waals surface area contributed by atoms with Gasteiger partial charge in [0.05, 0.1) is 18.7 Å². The van der Waals surface area contributed by atoms with Crippen molar-refractivity contribution in [1.82, 2.24) is 20.2 Å². The molecule has 27 heavy (non-hydrogen) atoms. The molecule has 1 unspecified atom stereocenters. The number of anilines is 2. The highest BCUT2D eigenvalue weighted by atomic mass is 16.2. The summed E-state index contributed by atoms with van der Waals surface area (Å²) in [7, 11) is 1.98. The van der Waals surface area contributed by atoms with E-state index in [-0.39, 0.29) is 5.91 Å². The Labute approximate surface area is 162 Å². The topological polar surface area (TPSA) is 64.6 Å². The minimum Gasteiger partial charge on any atom is -0.356 e. The lowest BCUT2D eigenvalue weighted by molar-refractivity contribution is -0.132. The molecule has 0 spiro atoms. The van der Waals surface area contributed by atoms with E-state index in [4.69, 9.17) is 4.98 Å². The summed E-state index contributed by atoms with van der Waals surface area (Å²) in [5, 5.41) is 3.46. The van der Waals surface area contributed by atoms with E-state index in [0.717, 1.165) is 62.6 Å². The van der Waals surface area contributed by atoms with Crippen LogP contribution in [0.3, 0.4) is 0 Å². The van der Waals surface area contributed by atoms with Crippen LogP contribution in [0.5, 0.6) is 0 Å². The Morgan fingerprint density at radius 1 is 0.963 bits per heavy atom. The van der Waals surface area contributed by atoms with Crippen molar-refractivity contribution in [3.8, 4) is 0 Å². The summed E-state index contributed by atoms with van der Waals surface area (Å²) in [6.45, 7) is 5.17. The fourth-order valence-corrected chi connectivity index (χ4v) is 4.69. The average molecular weight is 373 g/mol. The quantitative estimate of drug-likeness (QED) is 0.854. The van der Waals surface area contributed by atoms with E-state index in [2.05, 4.69) is 20.1 Å². The summed E-state index contributed by atoms with van der Waals surface area (Å²) < 4.78 is 0. The minimum atomic E-state index is 0.212. The van der Waals surface area contributed by atoms with Crippen LogP contribution in [-0.2, 0) is 11.3 Å². The third-order valence-corrected chi connectivity index (χ3v) is 6.17. The first-order valence-electron chi connectivity index (χ1n) is 10.5. The van der Waals surface area contributed by atoms with Crippen LogP contribution in [0.1, 0.15) is 50.5 Å². The Morgan fingerprint density at radius 3 is 2.56 bits per heavy atom. The summed E-state index contributed by atoms with van der Waals surface area (Å²) in [6, 6.07) is 0.309. The summed E-state index contributed by atoms with van der Waals surface area (Å²) in [5.74, 6) is 2.18. The predicted octanol–water partition coefficient (Wildman–Crippen LogP) is 1.78. The molecule has 2 fully saturated rings. The van der Waals surface area contributed by atoms with Gasteiger partial charge in [0.25, 0.3) is 0 Å². The van der Waals surface area contributed by atoms with Crippen molar-refractivity contribution in [3.05, 3.63) is 11.9 Å². The zero-order chi connectivity index (χ0) is 18.6. The van der Waals surface area contributed by atoms with Crippen molar-refractivity contribution in [1.29, 1.82) is 0 Å². The number of carbonyl (C=O) groups excluding carboxylic acids is 1. The molecule has 3 aliphatic heterocycles. The van der Waals surface area contributed by atoms with Gasteiger partial charge >= 0.3 is 0 Å². The van der Waals surface area contributed by atoms with Crippen LogP contribution in [0.25, 0.3) is 0 Å². The van der Waals surface area contributed by atoms with Crippen LogP contribution in [0.2, 0.25) is 0 Å². The molecule has 7 heteroatoms. The van der Waals surface area contributed by atoms with E-state index < -0.39 is 0 Å². The van der Waals surface area contributed by atoms with Gasteiger partial charge in [-0.05, 0) is 45.2 Å². The number of likely N-dealkylation sites (N-methyl/N-ethyl adjacent to an activating group) is 1. The number of nitrogens with zero attached hydrogens (tertiary/aromatic N) is 5. The number of carbonyl (C=O) groups is 1. The first-order chi connectivity index (χ1) is 13.2. The fraction of sp³-hybridized carbons (Fsp3) is 0.750. The Bertz CT molecular complexity index is 650. The smallest absolute Gasteiger partial charge is 0.242 e. The van der Waals surface area contributed by atoms with Crippen LogP contribution >= 0.6 is 0 Å². The van der Waals surface area contributed by atoms with Crippen molar-refractivity contribution >= 4 is 17.5 Å². The van der Waals surface area contributed by atoms with E-state index in [1.54, 1.807) is 6.33 Å². The van der Waals surface area contributed by atoms with E-state index in [0.29, 0.717) is 19.1 Å². The summed E-state index contributed by atoms with van der Waals surface area (Å²) in [6.07, 6.45) is 9.92. The van der Waals surface area contributed by atoms with Crippen LogP contribution in [-0.4, -0.2) is 66.6 Å². The highest BCUT2D eigenvalue weighted by Gasteiger charge is 2.32. The van der Waals surface area contributed by atoms with Crippen LogP contribution < -0.4 is 15.1 Å². The fourth-order valence-electron chi connectivity index (χ4n) is 4.69.